The van der Waals surface area contributed by atoms with Gasteiger partial charge < -0.3 is 0 Å². The molecule has 0 spiro atoms. The highest BCUT2D eigenvalue weighted by atomic mass is 127. The van der Waals surface area contributed by atoms with Gasteiger partial charge in [-0.1, -0.05) is 42.5 Å². The lowest BCUT2D eigenvalue weighted by atomic mass is 10.0. The van der Waals surface area contributed by atoms with E-state index in [1.54, 1.807) is 0 Å². The minimum absolute atomic E-state index is 0.937. The van der Waals surface area contributed by atoms with Gasteiger partial charge in [0.05, 0.1) is 5.69 Å². The van der Waals surface area contributed by atoms with Crippen molar-refractivity contribution in [3.8, 4) is 11.3 Å². The number of aromatic nitrogens is 2. The minimum Gasteiger partial charge on any atom is -0.254 e. The quantitative estimate of drug-likeness (QED) is 0.342. The summed E-state index contributed by atoms with van der Waals surface area (Å²) in [6, 6.07) is 14.5. The highest BCUT2D eigenvalue weighted by molar-refractivity contribution is 14.1. The van der Waals surface area contributed by atoms with Crippen molar-refractivity contribution >= 4 is 50.7 Å². The number of hydrogen-bond donors (Lipinski definition) is 0. The summed E-state index contributed by atoms with van der Waals surface area (Å²) in [5, 5.41) is 0. The molecule has 0 aliphatic carbocycles. The Hall–Kier alpha value is -1.53. The van der Waals surface area contributed by atoms with Gasteiger partial charge in [0.25, 0.3) is 0 Å². The van der Waals surface area contributed by atoms with Crippen LogP contribution >= 0.6 is 38.5 Å². The van der Waals surface area contributed by atoms with E-state index in [1.807, 2.05) is 30.6 Å². The van der Waals surface area contributed by atoms with E-state index < -0.39 is 0 Å². The summed E-state index contributed by atoms with van der Waals surface area (Å²) in [6.45, 7) is 2.07. The van der Waals surface area contributed by atoms with Gasteiger partial charge >= 0.3 is 0 Å². The van der Waals surface area contributed by atoms with Gasteiger partial charge in [-0.2, -0.15) is 0 Å². The molecule has 0 unspecified atom stereocenters. The van der Waals surface area contributed by atoms with Gasteiger partial charge in [-0.25, -0.2) is 4.98 Å². The topological polar surface area (TPSA) is 25.8 Å². The highest BCUT2D eigenvalue weighted by Gasteiger charge is 2.08. The molecule has 1 aromatic carbocycles. The maximum Gasteiger partial charge on any atom is 0.104 e. The number of benzene rings is 1. The summed E-state index contributed by atoms with van der Waals surface area (Å²) in [7, 11) is 0. The molecule has 23 heavy (non-hydrogen) atoms. The number of hydrogen-bond acceptors (Lipinski definition) is 2. The van der Waals surface area contributed by atoms with E-state index in [4.69, 9.17) is 0 Å². The molecule has 0 fully saturated rings. The smallest absolute Gasteiger partial charge is 0.104 e. The molecular formula is C19H14BrIN2. The number of pyridine rings is 2. The molecule has 0 atom stereocenters. The van der Waals surface area contributed by atoms with Crippen molar-refractivity contribution in [3.63, 3.8) is 0 Å². The molecule has 0 aliphatic rings. The number of nitrogens with zero attached hydrogens (tertiary/aromatic N) is 2. The van der Waals surface area contributed by atoms with Crippen LogP contribution in [0.4, 0.5) is 0 Å². The van der Waals surface area contributed by atoms with E-state index in [2.05, 4.69) is 91.8 Å². The summed E-state index contributed by atoms with van der Waals surface area (Å²) in [4.78, 5) is 9.04. The molecule has 2 nitrogen and oxygen atoms in total. The summed E-state index contributed by atoms with van der Waals surface area (Å²) >= 11 is 5.75. The zero-order chi connectivity index (χ0) is 16.2. The monoisotopic (exact) mass is 476 g/mol. The van der Waals surface area contributed by atoms with Crippen molar-refractivity contribution in [1.29, 1.82) is 0 Å². The second-order valence-corrected chi connectivity index (χ2v) is 7.10. The van der Waals surface area contributed by atoms with Crippen LogP contribution in [-0.2, 0) is 0 Å². The second kappa shape index (κ2) is 7.36. The number of halogens is 2. The fourth-order valence-electron chi connectivity index (χ4n) is 2.26. The third kappa shape index (κ3) is 4.06. The molecule has 3 aromatic rings. The average Bonchev–Trinajstić information content (AvgIpc) is 2.57. The summed E-state index contributed by atoms with van der Waals surface area (Å²) in [6.07, 6.45) is 7.89. The Kier molecular flexibility index (Phi) is 5.23. The SMILES string of the molecule is Cc1cc(-c2ncc(Br)cc2C=Cc2ccccc2)cnc1I. The fraction of sp³-hybridized carbons (Fsp3) is 0.0526. The molecule has 2 heterocycles. The molecule has 0 N–H and O–H groups in total. The van der Waals surface area contributed by atoms with Gasteiger partial charge in [-0.3, -0.25) is 4.98 Å². The van der Waals surface area contributed by atoms with Gasteiger partial charge in [0.1, 0.15) is 3.70 Å². The Labute approximate surface area is 158 Å². The maximum atomic E-state index is 4.59. The predicted molar refractivity (Wildman–Crippen MR) is 108 cm³/mol. The van der Waals surface area contributed by atoms with Crippen LogP contribution < -0.4 is 0 Å². The van der Waals surface area contributed by atoms with Crippen molar-refractivity contribution in [2.45, 2.75) is 6.92 Å². The van der Waals surface area contributed by atoms with Gasteiger partial charge in [0.2, 0.25) is 0 Å². The third-order valence-corrected chi connectivity index (χ3v) is 4.99. The van der Waals surface area contributed by atoms with Gasteiger partial charge in [0, 0.05) is 28.0 Å². The van der Waals surface area contributed by atoms with E-state index in [-0.39, 0.29) is 0 Å². The molecule has 2 aromatic heterocycles. The van der Waals surface area contributed by atoms with Crippen molar-refractivity contribution in [3.05, 3.63) is 79.7 Å². The van der Waals surface area contributed by atoms with Gasteiger partial charge in [-0.05, 0) is 68.7 Å². The van der Waals surface area contributed by atoms with Crippen LogP contribution in [0.25, 0.3) is 23.4 Å². The summed E-state index contributed by atoms with van der Waals surface area (Å²) < 4.78 is 1.98. The summed E-state index contributed by atoms with van der Waals surface area (Å²) in [5.74, 6) is 0. The molecular weight excluding hydrogens is 463 g/mol. The molecule has 0 aliphatic heterocycles. The van der Waals surface area contributed by atoms with Crippen LogP contribution in [0, 0.1) is 10.6 Å². The van der Waals surface area contributed by atoms with Crippen LogP contribution in [0.1, 0.15) is 16.7 Å². The Morgan fingerprint density at radius 1 is 1.00 bits per heavy atom. The normalized spacial score (nSPS) is 11.1. The molecule has 114 valence electrons. The van der Waals surface area contributed by atoms with E-state index >= 15 is 0 Å². The lowest BCUT2D eigenvalue weighted by molar-refractivity contribution is 1.19. The van der Waals surface area contributed by atoms with Gasteiger partial charge in [0.15, 0.2) is 0 Å². The maximum absolute atomic E-state index is 4.59. The molecule has 0 amide bonds. The highest BCUT2D eigenvalue weighted by Crippen LogP contribution is 2.27. The third-order valence-electron chi connectivity index (χ3n) is 3.43. The standard InChI is InChI=1S/C19H14BrIN2/c1-13-9-16(11-23-19(13)21)18-15(10-17(20)12-22-18)8-7-14-5-3-2-4-6-14/h2-12H,1H3. The number of aryl methyl sites for hydroxylation is 1. The van der Waals surface area contributed by atoms with Crippen LogP contribution in [0.2, 0.25) is 0 Å². The van der Waals surface area contributed by atoms with E-state index in [0.29, 0.717) is 0 Å². The zero-order valence-electron chi connectivity index (χ0n) is 12.5. The van der Waals surface area contributed by atoms with Crippen LogP contribution in [0.15, 0.2) is 59.3 Å². The van der Waals surface area contributed by atoms with E-state index in [1.165, 1.54) is 0 Å². The molecule has 0 saturated carbocycles. The first-order chi connectivity index (χ1) is 11.1. The van der Waals surface area contributed by atoms with Crippen LogP contribution in [-0.4, -0.2) is 9.97 Å². The Bertz CT molecular complexity index is 860. The minimum atomic E-state index is 0.937. The number of rotatable bonds is 3. The van der Waals surface area contributed by atoms with E-state index in [0.717, 1.165) is 36.1 Å². The Morgan fingerprint density at radius 3 is 2.52 bits per heavy atom. The Balaban J connectivity index is 2.04. The van der Waals surface area contributed by atoms with Gasteiger partial charge in [-0.15, -0.1) is 0 Å². The molecule has 3 rings (SSSR count). The zero-order valence-corrected chi connectivity index (χ0v) is 16.2. The second-order valence-electron chi connectivity index (χ2n) is 5.17. The first kappa shape index (κ1) is 16.3. The van der Waals surface area contributed by atoms with Crippen molar-refractivity contribution < 1.29 is 0 Å². The van der Waals surface area contributed by atoms with Crippen LogP contribution in [0.3, 0.4) is 0 Å². The predicted octanol–water partition coefficient (Wildman–Crippen LogP) is 5.99. The van der Waals surface area contributed by atoms with E-state index in [9.17, 15) is 0 Å². The Morgan fingerprint density at radius 2 is 1.78 bits per heavy atom. The first-order valence-electron chi connectivity index (χ1n) is 7.14. The lowest BCUT2D eigenvalue weighted by Crippen LogP contribution is -1.93. The average molecular weight is 477 g/mol. The first-order valence-corrected chi connectivity index (χ1v) is 9.02. The fourth-order valence-corrected chi connectivity index (χ4v) is 2.90. The molecule has 4 heteroatoms. The van der Waals surface area contributed by atoms with Crippen molar-refractivity contribution in [2.24, 2.45) is 0 Å². The molecule has 0 bridgehead atoms. The molecule has 0 radical (unpaired) electrons. The largest absolute Gasteiger partial charge is 0.254 e. The van der Waals surface area contributed by atoms with Crippen molar-refractivity contribution in [1.82, 2.24) is 9.97 Å². The van der Waals surface area contributed by atoms with Crippen molar-refractivity contribution in [2.75, 3.05) is 0 Å². The van der Waals surface area contributed by atoms with Crippen LogP contribution in [0.5, 0.6) is 0 Å². The molecule has 0 saturated heterocycles. The summed E-state index contributed by atoms with van der Waals surface area (Å²) in [5.41, 5.74) is 5.35. The lowest BCUT2D eigenvalue weighted by Gasteiger charge is -2.07.